The first-order valence-corrected chi connectivity index (χ1v) is 8.99. The number of carbonyl (C=O) groups excluding carboxylic acids is 1. The molecule has 3 rings (SSSR count). The van der Waals surface area contributed by atoms with Crippen LogP contribution in [0.3, 0.4) is 0 Å². The van der Waals surface area contributed by atoms with Gasteiger partial charge in [0.1, 0.15) is 17.6 Å². The van der Waals surface area contributed by atoms with Gasteiger partial charge in [-0.25, -0.2) is 0 Å². The van der Waals surface area contributed by atoms with Crippen LogP contribution in [0.25, 0.3) is 11.5 Å². The molecule has 0 amide bonds. The number of esters is 1. The zero-order chi connectivity index (χ0) is 18.4. The highest BCUT2D eigenvalue weighted by Crippen LogP contribution is 2.25. The summed E-state index contributed by atoms with van der Waals surface area (Å²) in [7, 11) is 1.61. The number of hydrogen-bond acceptors (Lipinski definition) is 7. The van der Waals surface area contributed by atoms with Gasteiger partial charge in [0.25, 0.3) is 5.22 Å². The highest BCUT2D eigenvalue weighted by molar-refractivity contribution is 7.99. The molecular weight excluding hydrogens is 352 g/mol. The first-order valence-electron chi connectivity index (χ1n) is 8.01. The third kappa shape index (κ3) is 4.64. The molecule has 0 saturated carbocycles. The van der Waals surface area contributed by atoms with Crippen molar-refractivity contribution < 1.29 is 18.7 Å². The van der Waals surface area contributed by atoms with E-state index in [9.17, 15) is 4.79 Å². The van der Waals surface area contributed by atoms with Gasteiger partial charge in [0, 0.05) is 5.56 Å². The normalized spacial score (nSPS) is 11.8. The summed E-state index contributed by atoms with van der Waals surface area (Å²) >= 11 is 1.15. The van der Waals surface area contributed by atoms with Crippen LogP contribution in [0.5, 0.6) is 5.75 Å². The average molecular weight is 370 g/mol. The topological polar surface area (TPSA) is 74.5 Å². The number of hydrogen-bond donors (Lipinski definition) is 0. The number of ether oxygens (including phenoxy) is 2. The van der Waals surface area contributed by atoms with Crippen LogP contribution >= 0.6 is 11.8 Å². The van der Waals surface area contributed by atoms with Crippen LogP contribution in [0.4, 0.5) is 0 Å². The lowest BCUT2D eigenvalue weighted by molar-refractivity contribution is -0.145. The molecule has 1 unspecified atom stereocenters. The van der Waals surface area contributed by atoms with Crippen LogP contribution < -0.4 is 4.74 Å². The SMILES string of the molecule is COc1ccc(-c2nnc(SCC(=O)OC(C)c3ccccc3)o2)cc1. The Morgan fingerprint density at radius 1 is 1.12 bits per heavy atom. The molecule has 0 saturated heterocycles. The molecule has 7 heteroatoms. The molecule has 1 aromatic heterocycles. The van der Waals surface area contributed by atoms with E-state index in [1.807, 2.05) is 61.5 Å². The maximum Gasteiger partial charge on any atom is 0.317 e. The van der Waals surface area contributed by atoms with Crippen LogP contribution in [-0.4, -0.2) is 29.0 Å². The second-order valence-electron chi connectivity index (χ2n) is 5.43. The van der Waals surface area contributed by atoms with Crippen LogP contribution in [-0.2, 0) is 9.53 Å². The summed E-state index contributed by atoms with van der Waals surface area (Å²) in [6, 6.07) is 16.9. The van der Waals surface area contributed by atoms with Gasteiger partial charge in [-0.1, -0.05) is 42.1 Å². The van der Waals surface area contributed by atoms with E-state index in [1.165, 1.54) is 0 Å². The third-order valence-corrected chi connectivity index (χ3v) is 4.43. The molecule has 0 N–H and O–H groups in total. The number of rotatable bonds is 7. The second kappa shape index (κ2) is 8.53. The van der Waals surface area contributed by atoms with Crippen molar-refractivity contribution in [3.8, 4) is 17.2 Å². The van der Waals surface area contributed by atoms with Gasteiger partial charge in [-0.15, -0.1) is 10.2 Å². The molecule has 0 spiro atoms. The highest BCUT2D eigenvalue weighted by Gasteiger charge is 2.15. The summed E-state index contributed by atoms with van der Waals surface area (Å²) < 4.78 is 16.1. The van der Waals surface area contributed by atoms with Crippen LogP contribution in [0, 0.1) is 0 Å². The molecule has 2 aromatic carbocycles. The molecule has 0 bridgehead atoms. The molecule has 1 atom stereocenters. The number of carbonyl (C=O) groups is 1. The number of nitrogens with zero attached hydrogens (tertiary/aromatic N) is 2. The molecule has 3 aromatic rings. The minimum Gasteiger partial charge on any atom is -0.497 e. The summed E-state index contributed by atoms with van der Waals surface area (Å²) in [5.41, 5.74) is 1.73. The van der Waals surface area contributed by atoms with Crippen molar-refractivity contribution in [3.05, 3.63) is 60.2 Å². The summed E-state index contributed by atoms with van der Waals surface area (Å²) in [4.78, 5) is 12.0. The Balaban J connectivity index is 1.53. The van der Waals surface area contributed by atoms with Gasteiger partial charge < -0.3 is 13.9 Å². The maximum absolute atomic E-state index is 12.0. The third-order valence-electron chi connectivity index (χ3n) is 3.63. The van der Waals surface area contributed by atoms with Gasteiger partial charge in [-0.3, -0.25) is 4.79 Å². The number of aromatic nitrogens is 2. The fraction of sp³-hybridized carbons (Fsp3) is 0.211. The van der Waals surface area contributed by atoms with Crippen molar-refractivity contribution in [1.82, 2.24) is 10.2 Å². The molecule has 6 nitrogen and oxygen atoms in total. The Bertz CT molecular complexity index is 849. The molecule has 0 fully saturated rings. The molecule has 134 valence electrons. The second-order valence-corrected chi connectivity index (χ2v) is 6.36. The smallest absolute Gasteiger partial charge is 0.317 e. The molecule has 26 heavy (non-hydrogen) atoms. The number of thioether (sulfide) groups is 1. The lowest BCUT2D eigenvalue weighted by Crippen LogP contribution is -2.10. The van der Waals surface area contributed by atoms with Gasteiger partial charge in [-0.2, -0.15) is 0 Å². The summed E-state index contributed by atoms with van der Waals surface area (Å²) in [5.74, 6) is 0.899. The van der Waals surface area contributed by atoms with Gasteiger partial charge in [-0.05, 0) is 36.8 Å². The lowest BCUT2D eigenvalue weighted by atomic mass is 10.1. The molecule has 0 radical (unpaired) electrons. The molecule has 0 aliphatic rings. The van der Waals surface area contributed by atoms with E-state index in [0.717, 1.165) is 28.6 Å². The van der Waals surface area contributed by atoms with Crippen LogP contribution in [0.15, 0.2) is 64.2 Å². The van der Waals surface area contributed by atoms with Gasteiger partial charge >= 0.3 is 5.97 Å². The standard InChI is InChI=1S/C19H18N2O4S/c1-13(14-6-4-3-5-7-14)24-17(22)12-26-19-21-20-18(25-19)15-8-10-16(23-2)11-9-15/h3-11,13H,12H2,1-2H3. The first-order chi connectivity index (χ1) is 12.7. The summed E-state index contributed by atoms with van der Waals surface area (Å²) in [6.07, 6.45) is -0.304. The number of benzene rings is 2. The Hall–Kier alpha value is -2.80. The van der Waals surface area contributed by atoms with Crippen LogP contribution in [0.1, 0.15) is 18.6 Å². The van der Waals surface area contributed by atoms with Crippen molar-refractivity contribution in [3.63, 3.8) is 0 Å². The minimum atomic E-state index is -0.337. The quantitative estimate of drug-likeness (QED) is 0.457. The largest absolute Gasteiger partial charge is 0.497 e. The summed E-state index contributed by atoms with van der Waals surface area (Å²) in [6.45, 7) is 1.84. The Morgan fingerprint density at radius 3 is 2.54 bits per heavy atom. The van der Waals surface area contributed by atoms with E-state index in [0.29, 0.717) is 11.1 Å². The Labute approximate surface area is 155 Å². The Kier molecular flexibility index (Phi) is 5.91. The average Bonchev–Trinajstić information content (AvgIpc) is 3.16. The minimum absolute atomic E-state index is 0.0986. The number of methoxy groups -OCH3 is 1. The first kappa shape index (κ1) is 18.0. The fourth-order valence-corrected chi connectivity index (χ4v) is 2.81. The van der Waals surface area contributed by atoms with Crippen molar-refractivity contribution in [1.29, 1.82) is 0 Å². The van der Waals surface area contributed by atoms with E-state index in [1.54, 1.807) is 7.11 Å². The van der Waals surface area contributed by atoms with Gasteiger partial charge in [0.2, 0.25) is 5.89 Å². The van der Waals surface area contributed by atoms with Crippen molar-refractivity contribution in [2.24, 2.45) is 0 Å². The molecular formula is C19H18N2O4S. The highest BCUT2D eigenvalue weighted by atomic mass is 32.2. The predicted molar refractivity (Wildman–Crippen MR) is 98.0 cm³/mol. The maximum atomic E-state index is 12.0. The van der Waals surface area contributed by atoms with E-state index < -0.39 is 0 Å². The van der Waals surface area contributed by atoms with Crippen LogP contribution in [0.2, 0.25) is 0 Å². The monoisotopic (exact) mass is 370 g/mol. The van der Waals surface area contributed by atoms with Crippen molar-refractivity contribution >= 4 is 17.7 Å². The van der Waals surface area contributed by atoms with Crippen molar-refractivity contribution in [2.75, 3.05) is 12.9 Å². The van der Waals surface area contributed by atoms with Gasteiger partial charge in [0.05, 0.1) is 7.11 Å². The summed E-state index contributed by atoms with van der Waals surface area (Å²) in [5, 5.41) is 8.27. The van der Waals surface area contributed by atoms with E-state index in [2.05, 4.69) is 10.2 Å². The van der Waals surface area contributed by atoms with E-state index >= 15 is 0 Å². The molecule has 1 heterocycles. The lowest BCUT2D eigenvalue weighted by Gasteiger charge is -2.12. The predicted octanol–water partition coefficient (Wildman–Crippen LogP) is 4.14. The molecule has 0 aliphatic heterocycles. The fourth-order valence-electron chi connectivity index (χ4n) is 2.26. The van der Waals surface area contributed by atoms with E-state index in [4.69, 9.17) is 13.9 Å². The Morgan fingerprint density at radius 2 is 1.85 bits per heavy atom. The molecule has 0 aliphatic carbocycles. The zero-order valence-electron chi connectivity index (χ0n) is 14.4. The zero-order valence-corrected chi connectivity index (χ0v) is 15.2. The van der Waals surface area contributed by atoms with Gasteiger partial charge in [0.15, 0.2) is 0 Å². The van der Waals surface area contributed by atoms with E-state index in [-0.39, 0.29) is 17.8 Å². The van der Waals surface area contributed by atoms with Crippen molar-refractivity contribution in [2.45, 2.75) is 18.3 Å².